The number of nitrogens with one attached hydrogen (secondary N) is 2. The molecule has 1 aromatic carbocycles. The van der Waals surface area contributed by atoms with Gasteiger partial charge in [-0.15, -0.1) is 0 Å². The van der Waals surface area contributed by atoms with E-state index in [2.05, 4.69) is 10.3 Å². The number of hydrogen-bond donors (Lipinski definition) is 3. The van der Waals surface area contributed by atoms with Gasteiger partial charge >= 0.3 is 0 Å². The number of carbonyl (C=O) groups excluding carboxylic acids is 1. The number of aromatic nitrogens is 1. The first-order valence-electron chi connectivity index (χ1n) is 5.69. The summed E-state index contributed by atoms with van der Waals surface area (Å²) in [5, 5.41) is 3.95. The van der Waals surface area contributed by atoms with E-state index in [0.717, 1.165) is 28.7 Å². The Labute approximate surface area is 100 Å². The first-order valence-corrected chi connectivity index (χ1v) is 5.69. The van der Waals surface area contributed by atoms with Crippen molar-refractivity contribution in [3.63, 3.8) is 0 Å². The van der Waals surface area contributed by atoms with Gasteiger partial charge in [0.1, 0.15) is 0 Å². The number of nitrogen functional groups attached to an aromatic ring is 1. The normalized spacial score (nSPS) is 10.7. The lowest BCUT2D eigenvalue weighted by atomic mass is 10.1. The molecule has 90 valence electrons. The Balaban J connectivity index is 2.28. The minimum absolute atomic E-state index is 0.00186. The summed E-state index contributed by atoms with van der Waals surface area (Å²) in [6.45, 7) is 4.22. The quantitative estimate of drug-likeness (QED) is 0.704. The molecule has 0 aliphatic rings. The third-order valence-corrected chi connectivity index (χ3v) is 2.89. The molecule has 0 aliphatic heterocycles. The molecule has 0 saturated carbocycles. The van der Waals surface area contributed by atoms with E-state index in [-0.39, 0.29) is 5.91 Å². The summed E-state index contributed by atoms with van der Waals surface area (Å²) in [5.74, 6) is 0.00186. The molecule has 0 atom stereocenters. The third kappa shape index (κ3) is 2.41. The van der Waals surface area contributed by atoms with Gasteiger partial charge in [0.2, 0.25) is 5.91 Å². The van der Waals surface area contributed by atoms with Crippen molar-refractivity contribution >= 4 is 22.5 Å². The monoisotopic (exact) mass is 231 g/mol. The maximum absolute atomic E-state index is 10.8. The first kappa shape index (κ1) is 11.5. The summed E-state index contributed by atoms with van der Waals surface area (Å²) >= 11 is 0. The average molecular weight is 231 g/mol. The van der Waals surface area contributed by atoms with E-state index in [4.69, 9.17) is 5.73 Å². The standard InChI is InChI=1S/C13H17N3O/c1-8-11(5-6-15-9(2)17)12-7-10(14)3-4-13(12)16-8/h3-4,7,16H,5-6,14H2,1-2H3,(H,15,17). The Morgan fingerprint density at radius 2 is 2.24 bits per heavy atom. The third-order valence-electron chi connectivity index (χ3n) is 2.89. The zero-order valence-electron chi connectivity index (χ0n) is 10.1. The Morgan fingerprint density at radius 1 is 1.47 bits per heavy atom. The molecule has 0 bridgehead atoms. The molecule has 1 aromatic heterocycles. The van der Waals surface area contributed by atoms with Gasteiger partial charge in [-0.2, -0.15) is 0 Å². The predicted octanol–water partition coefficient (Wildman–Crippen LogP) is 1.74. The van der Waals surface area contributed by atoms with Gasteiger partial charge < -0.3 is 16.0 Å². The molecule has 1 amide bonds. The Morgan fingerprint density at radius 3 is 2.94 bits per heavy atom. The van der Waals surface area contributed by atoms with E-state index >= 15 is 0 Å². The number of rotatable bonds is 3. The van der Waals surface area contributed by atoms with Crippen LogP contribution in [0.5, 0.6) is 0 Å². The van der Waals surface area contributed by atoms with Gasteiger partial charge in [0, 0.05) is 35.8 Å². The van der Waals surface area contributed by atoms with Crippen molar-refractivity contribution in [2.75, 3.05) is 12.3 Å². The highest BCUT2D eigenvalue weighted by molar-refractivity contribution is 5.87. The number of benzene rings is 1. The van der Waals surface area contributed by atoms with Crippen LogP contribution in [0.25, 0.3) is 10.9 Å². The molecule has 2 aromatic rings. The van der Waals surface area contributed by atoms with Crippen LogP contribution in [0.3, 0.4) is 0 Å². The molecular formula is C13H17N3O. The number of H-pyrrole nitrogens is 1. The number of aromatic amines is 1. The van der Waals surface area contributed by atoms with Gasteiger partial charge in [-0.25, -0.2) is 0 Å². The van der Waals surface area contributed by atoms with Gasteiger partial charge in [-0.1, -0.05) is 0 Å². The van der Waals surface area contributed by atoms with Crippen LogP contribution in [0.4, 0.5) is 5.69 Å². The summed E-state index contributed by atoms with van der Waals surface area (Å²) < 4.78 is 0. The number of anilines is 1. The predicted molar refractivity (Wildman–Crippen MR) is 69.8 cm³/mol. The Kier molecular flexibility index (Phi) is 3.04. The van der Waals surface area contributed by atoms with Gasteiger partial charge in [-0.05, 0) is 37.1 Å². The van der Waals surface area contributed by atoms with Crippen molar-refractivity contribution in [3.05, 3.63) is 29.5 Å². The fraction of sp³-hybridized carbons (Fsp3) is 0.308. The van der Waals surface area contributed by atoms with E-state index in [0.29, 0.717) is 6.54 Å². The van der Waals surface area contributed by atoms with Crippen molar-refractivity contribution in [2.45, 2.75) is 20.3 Å². The molecule has 0 saturated heterocycles. The topological polar surface area (TPSA) is 70.9 Å². The van der Waals surface area contributed by atoms with Crippen LogP contribution in [-0.2, 0) is 11.2 Å². The molecule has 4 heteroatoms. The number of fused-ring (bicyclic) bond motifs is 1. The van der Waals surface area contributed by atoms with Crippen molar-refractivity contribution in [1.29, 1.82) is 0 Å². The van der Waals surface area contributed by atoms with E-state index in [1.165, 1.54) is 12.5 Å². The molecule has 17 heavy (non-hydrogen) atoms. The van der Waals surface area contributed by atoms with Crippen LogP contribution in [0.15, 0.2) is 18.2 Å². The second-order valence-corrected chi connectivity index (χ2v) is 4.27. The molecule has 2 rings (SSSR count). The number of amides is 1. The minimum Gasteiger partial charge on any atom is -0.399 e. The molecule has 0 fully saturated rings. The van der Waals surface area contributed by atoms with Gasteiger partial charge in [-0.3, -0.25) is 4.79 Å². The molecule has 4 N–H and O–H groups in total. The lowest BCUT2D eigenvalue weighted by Crippen LogP contribution is -2.22. The van der Waals surface area contributed by atoms with Crippen molar-refractivity contribution < 1.29 is 4.79 Å². The fourth-order valence-corrected chi connectivity index (χ4v) is 2.09. The van der Waals surface area contributed by atoms with E-state index < -0.39 is 0 Å². The van der Waals surface area contributed by atoms with E-state index in [9.17, 15) is 4.79 Å². The van der Waals surface area contributed by atoms with Crippen LogP contribution < -0.4 is 11.1 Å². The van der Waals surface area contributed by atoms with Crippen LogP contribution in [0.1, 0.15) is 18.2 Å². The number of hydrogen-bond acceptors (Lipinski definition) is 2. The maximum Gasteiger partial charge on any atom is 0.216 e. The molecule has 0 radical (unpaired) electrons. The highest BCUT2D eigenvalue weighted by Crippen LogP contribution is 2.24. The largest absolute Gasteiger partial charge is 0.399 e. The Bertz CT molecular complexity index is 557. The summed E-state index contributed by atoms with van der Waals surface area (Å²) in [7, 11) is 0. The zero-order valence-corrected chi connectivity index (χ0v) is 10.1. The highest BCUT2D eigenvalue weighted by atomic mass is 16.1. The van der Waals surface area contributed by atoms with Gasteiger partial charge in [0.15, 0.2) is 0 Å². The number of carbonyl (C=O) groups is 1. The van der Waals surface area contributed by atoms with Gasteiger partial charge in [0.25, 0.3) is 0 Å². The number of aryl methyl sites for hydroxylation is 1. The summed E-state index contributed by atoms with van der Waals surface area (Å²) in [5.41, 5.74) is 10.0. The minimum atomic E-state index is 0.00186. The van der Waals surface area contributed by atoms with Crippen molar-refractivity contribution in [1.82, 2.24) is 10.3 Å². The highest BCUT2D eigenvalue weighted by Gasteiger charge is 2.08. The average Bonchev–Trinajstić information content (AvgIpc) is 2.55. The summed E-state index contributed by atoms with van der Waals surface area (Å²) in [4.78, 5) is 14.2. The maximum atomic E-state index is 10.8. The van der Waals surface area contributed by atoms with Gasteiger partial charge in [0.05, 0.1) is 0 Å². The van der Waals surface area contributed by atoms with Crippen molar-refractivity contribution in [2.24, 2.45) is 0 Å². The fourth-order valence-electron chi connectivity index (χ4n) is 2.09. The first-order chi connectivity index (χ1) is 8.08. The molecule has 0 aliphatic carbocycles. The summed E-state index contributed by atoms with van der Waals surface area (Å²) in [6, 6.07) is 5.84. The van der Waals surface area contributed by atoms with Crippen LogP contribution in [0, 0.1) is 6.92 Å². The molecular weight excluding hydrogens is 214 g/mol. The molecule has 0 unspecified atom stereocenters. The SMILES string of the molecule is CC(=O)NCCc1c(C)[nH]c2ccc(N)cc12. The molecule has 1 heterocycles. The second-order valence-electron chi connectivity index (χ2n) is 4.27. The van der Waals surface area contributed by atoms with E-state index in [1.807, 2.05) is 25.1 Å². The molecule has 4 nitrogen and oxygen atoms in total. The van der Waals surface area contributed by atoms with Crippen LogP contribution >= 0.6 is 0 Å². The lowest BCUT2D eigenvalue weighted by Gasteiger charge is -2.03. The smallest absolute Gasteiger partial charge is 0.216 e. The Hall–Kier alpha value is -1.97. The van der Waals surface area contributed by atoms with Crippen LogP contribution in [0.2, 0.25) is 0 Å². The lowest BCUT2D eigenvalue weighted by molar-refractivity contribution is -0.118. The zero-order chi connectivity index (χ0) is 12.4. The second kappa shape index (κ2) is 4.49. The summed E-state index contributed by atoms with van der Waals surface area (Å²) in [6.07, 6.45) is 0.814. The number of nitrogens with two attached hydrogens (primary N) is 1. The molecule has 0 spiro atoms. The van der Waals surface area contributed by atoms with Crippen LogP contribution in [-0.4, -0.2) is 17.4 Å². The van der Waals surface area contributed by atoms with E-state index in [1.54, 1.807) is 0 Å². The van der Waals surface area contributed by atoms with Crippen molar-refractivity contribution in [3.8, 4) is 0 Å².